The van der Waals surface area contributed by atoms with Gasteiger partial charge in [-0.25, -0.2) is 0 Å². The second-order valence-electron chi connectivity index (χ2n) is 1.00. The zero-order chi connectivity index (χ0) is 6.41. The van der Waals surface area contributed by atoms with E-state index in [1.807, 2.05) is 0 Å². The molecule has 0 bridgehead atoms. The molecule has 0 aromatic heterocycles. The number of carbonyl (C=O) groups excluding carboxylic acids is 1. The lowest BCUT2D eigenvalue weighted by molar-refractivity contribution is -0.233. The van der Waals surface area contributed by atoms with E-state index in [2.05, 4.69) is 4.94 Å². The van der Waals surface area contributed by atoms with Crippen LogP contribution in [0.4, 0.5) is 4.53 Å². The summed E-state index contributed by atoms with van der Waals surface area (Å²) in [4.78, 5) is 12.3. The summed E-state index contributed by atoms with van der Waals surface area (Å²) in [7, 11) is 0. The summed E-state index contributed by atoms with van der Waals surface area (Å²) < 4.78 is 10.8. The third-order valence-corrected chi connectivity index (χ3v) is 0.446. The summed E-state index contributed by atoms with van der Waals surface area (Å²) in [5, 5.41) is 8.15. The lowest BCUT2D eigenvalue weighted by atomic mass is 10.5. The van der Waals surface area contributed by atoms with Crippen LogP contribution in [0.2, 0.25) is 0 Å². The minimum absolute atomic E-state index is 0.405. The van der Waals surface area contributed by atoms with E-state index in [4.69, 9.17) is 5.11 Å². The Labute approximate surface area is 45.3 Å². The van der Waals surface area contributed by atoms with Crippen molar-refractivity contribution in [2.24, 2.45) is 0 Å². The molecular formula is C4H5FO3. The zero-order valence-corrected chi connectivity index (χ0v) is 3.95. The smallest absolute Gasteiger partial charge is 0.213 e. The molecule has 1 N–H and O–H groups in total. The maximum absolute atomic E-state index is 10.8. The van der Waals surface area contributed by atoms with Crippen LogP contribution in [0.5, 0.6) is 0 Å². The second kappa shape index (κ2) is 4.42. The molecule has 0 aliphatic heterocycles. The van der Waals surface area contributed by atoms with Crippen LogP contribution in [0.15, 0.2) is 12.2 Å². The molecule has 0 radical (unpaired) electrons. The van der Waals surface area contributed by atoms with Crippen LogP contribution in [-0.2, 0) is 9.74 Å². The van der Waals surface area contributed by atoms with Gasteiger partial charge in [-0.05, 0) is 16.7 Å². The molecular weight excluding hydrogens is 115 g/mol. The Kier molecular flexibility index (Phi) is 4.01. The van der Waals surface area contributed by atoms with Gasteiger partial charge in [-0.3, -0.25) is 4.79 Å². The summed E-state index contributed by atoms with van der Waals surface area (Å²) in [6.45, 7) is 0. The van der Waals surface area contributed by atoms with Crippen LogP contribution in [-0.4, -0.2) is 17.7 Å². The van der Waals surface area contributed by atoms with Gasteiger partial charge in [0.2, 0.25) is 6.29 Å². The summed E-state index contributed by atoms with van der Waals surface area (Å²) >= 11 is 0. The van der Waals surface area contributed by atoms with Crippen molar-refractivity contribution < 1.29 is 19.4 Å². The van der Waals surface area contributed by atoms with Gasteiger partial charge in [0, 0.05) is 0 Å². The summed E-state index contributed by atoms with van der Waals surface area (Å²) in [6.07, 6.45) is 0.583. The monoisotopic (exact) mass is 120 g/mol. The maximum Gasteiger partial charge on any atom is 0.213 e. The third kappa shape index (κ3) is 3.45. The molecule has 4 heteroatoms. The SMILES string of the molecule is O=C/C=C\C(O)OF. The fourth-order valence-electron chi connectivity index (χ4n) is 0.170. The van der Waals surface area contributed by atoms with Gasteiger partial charge < -0.3 is 5.11 Å². The Morgan fingerprint density at radius 3 is 2.75 bits per heavy atom. The van der Waals surface area contributed by atoms with Gasteiger partial charge in [0.15, 0.2) is 0 Å². The van der Waals surface area contributed by atoms with E-state index >= 15 is 0 Å². The molecule has 0 spiro atoms. The Balaban J connectivity index is 3.35. The Morgan fingerprint density at radius 2 is 2.38 bits per heavy atom. The minimum Gasteiger partial charge on any atom is -0.362 e. The number of aliphatic hydroxyl groups excluding tert-OH is 1. The highest BCUT2D eigenvalue weighted by Crippen LogP contribution is 1.86. The van der Waals surface area contributed by atoms with Crippen LogP contribution in [0.3, 0.4) is 0 Å². The molecule has 0 aromatic rings. The predicted molar refractivity (Wildman–Crippen MR) is 23.4 cm³/mol. The van der Waals surface area contributed by atoms with Crippen LogP contribution >= 0.6 is 0 Å². The van der Waals surface area contributed by atoms with Crippen LogP contribution in [0, 0.1) is 0 Å². The summed E-state index contributed by atoms with van der Waals surface area (Å²) in [5.74, 6) is 0. The largest absolute Gasteiger partial charge is 0.362 e. The van der Waals surface area contributed by atoms with Crippen molar-refractivity contribution in [2.75, 3.05) is 0 Å². The molecule has 0 heterocycles. The van der Waals surface area contributed by atoms with Gasteiger partial charge in [0.25, 0.3) is 0 Å². The number of halogens is 1. The molecule has 0 saturated heterocycles. The van der Waals surface area contributed by atoms with Crippen molar-refractivity contribution in [3.8, 4) is 0 Å². The fourth-order valence-corrected chi connectivity index (χ4v) is 0.170. The molecule has 0 rings (SSSR count). The Hall–Kier alpha value is -0.740. The van der Waals surface area contributed by atoms with E-state index in [0.717, 1.165) is 12.2 Å². The minimum atomic E-state index is -1.62. The van der Waals surface area contributed by atoms with Crippen molar-refractivity contribution in [1.82, 2.24) is 0 Å². The highest BCUT2D eigenvalue weighted by molar-refractivity contribution is 5.64. The van der Waals surface area contributed by atoms with Gasteiger partial charge in [0.1, 0.15) is 6.29 Å². The molecule has 46 valence electrons. The van der Waals surface area contributed by atoms with Crippen molar-refractivity contribution in [3.05, 3.63) is 12.2 Å². The third-order valence-electron chi connectivity index (χ3n) is 0.446. The maximum atomic E-state index is 10.8. The van der Waals surface area contributed by atoms with Gasteiger partial charge in [-0.2, -0.15) is 4.94 Å². The van der Waals surface area contributed by atoms with Crippen LogP contribution in [0.1, 0.15) is 0 Å². The number of carbonyl (C=O) groups is 1. The average Bonchev–Trinajstić information content (AvgIpc) is 1.83. The Bertz CT molecular complexity index is 91.3. The van der Waals surface area contributed by atoms with E-state index in [9.17, 15) is 9.32 Å². The van der Waals surface area contributed by atoms with E-state index in [1.165, 1.54) is 0 Å². The topological polar surface area (TPSA) is 46.5 Å². The van der Waals surface area contributed by atoms with Crippen molar-refractivity contribution in [2.45, 2.75) is 6.29 Å². The number of hydrogen-bond acceptors (Lipinski definition) is 3. The number of allylic oxidation sites excluding steroid dienone is 1. The van der Waals surface area contributed by atoms with Crippen molar-refractivity contribution in [1.29, 1.82) is 0 Å². The highest BCUT2D eigenvalue weighted by Gasteiger charge is 1.93. The fraction of sp³-hybridized carbons (Fsp3) is 0.250. The van der Waals surface area contributed by atoms with E-state index in [0.29, 0.717) is 6.29 Å². The zero-order valence-electron chi connectivity index (χ0n) is 3.95. The molecule has 0 aliphatic carbocycles. The second-order valence-corrected chi connectivity index (χ2v) is 1.00. The van der Waals surface area contributed by atoms with Gasteiger partial charge in [0.05, 0.1) is 0 Å². The summed E-state index contributed by atoms with van der Waals surface area (Å²) in [6, 6.07) is 0. The first kappa shape index (κ1) is 7.26. The predicted octanol–water partition coefficient (Wildman–Crippen LogP) is -0.0390. The molecule has 8 heavy (non-hydrogen) atoms. The van der Waals surface area contributed by atoms with Gasteiger partial charge in [-0.1, -0.05) is 0 Å². The van der Waals surface area contributed by atoms with Crippen LogP contribution in [0.25, 0.3) is 0 Å². The molecule has 3 nitrogen and oxygen atoms in total. The van der Waals surface area contributed by atoms with Crippen LogP contribution < -0.4 is 0 Å². The van der Waals surface area contributed by atoms with E-state index < -0.39 is 6.29 Å². The van der Waals surface area contributed by atoms with Gasteiger partial charge in [-0.15, -0.1) is 0 Å². The normalized spacial score (nSPS) is 14.2. The first-order valence-electron chi connectivity index (χ1n) is 1.88. The quantitative estimate of drug-likeness (QED) is 0.323. The molecule has 0 amide bonds. The molecule has 0 aromatic carbocycles. The Morgan fingerprint density at radius 1 is 1.75 bits per heavy atom. The lowest BCUT2D eigenvalue weighted by Gasteiger charge is -1.91. The first-order chi connectivity index (χ1) is 3.81. The molecule has 0 saturated carbocycles. The van der Waals surface area contributed by atoms with Crippen molar-refractivity contribution in [3.63, 3.8) is 0 Å². The van der Waals surface area contributed by atoms with E-state index in [-0.39, 0.29) is 0 Å². The molecule has 1 unspecified atom stereocenters. The molecule has 0 fully saturated rings. The number of aldehydes is 1. The number of hydrogen-bond donors (Lipinski definition) is 1. The molecule has 1 atom stereocenters. The standard InChI is InChI=1S/C4H5FO3/c5-8-4(7)2-1-3-6/h1-4,7H/b2-1-. The van der Waals surface area contributed by atoms with E-state index in [1.54, 1.807) is 0 Å². The number of aliphatic hydroxyl groups is 1. The average molecular weight is 120 g/mol. The lowest BCUT2D eigenvalue weighted by Crippen LogP contribution is -2.00. The summed E-state index contributed by atoms with van der Waals surface area (Å²) in [5.41, 5.74) is 0. The number of rotatable bonds is 3. The van der Waals surface area contributed by atoms with Gasteiger partial charge >= 0.3 is 0 Å². The van der Waals surface area contributed by atoms with Crippen molar-refractivity contribution >= 4 is 6.29 Å². The molecule has 0 aliphatic rings. The first-order valence-corrected chi connectivity index (χ1v) is 1.88. The highest BCUT2D eigenvalue weighted by atomic mass is 19.3.